The van der Waals surface area contributed by atoms with Crippen LogP contribution in [0.3, 0.4) is 0 Å². The molecule has 1 heterocycles. The molecule has 0 radical (unpaired) electrons. The summed E-state index contributed by atoms with van der Waals surface area (Å²) in [5, 5.41) is 9.42. The van der Waals surface area contributed by atoms with E-state index in [1.165, 1.54) is 7.11 Å². The number of aromatic nitrogens is 1. The summed E-state index contributed by atoms with van der Waals surface area (Å²) in [5.74, 6) is -0.313. The maximum absolute atomic E-state index is 11.2. The van der Waals surface area contributed by atoms with E-state index in [1.807, 2.05) is 10.8 Å². The lowest BCUT2D eigenvalue weighted by Gasteiger charge is -2.10. The molecule has 1 aromatic heterocycles. The first-order chi connectivity index (χ1) is 7.20. The lowest BCUT2D eigenvalue weighted by molar-refractivity contribution is 0.0600. The minimum absolute atomic E-state index is 0.195. The number of ether oxygens (including phenoxy) is 1. The van der Waals surface area contributed by atoms with Gasteiger partial charge in [-0.15, -0.1) is 0 Å². The van der Waals surface area contributed by atoms with Crippen molar-refractivity contribution in [3.05, 3.63) is 24.0 Å². The number of rotatable bonds is 2. The first-order valence-electron chi connectivity index (χ1n) is 5.14. The molecule has 1 saturated carbocycles. The van der Waals surface area contributed by atoms with Gasteiger partial charge in [-0.25, -0.2) is 4.79 Å². The van der Waals surface area contributed by atoms with E-state index in [-0.39, 0.29) is 12.1 Å². The fraction of sp³-hybridized carbons (Fsp3) is 0.545. The minimum Gasteiger partial charge on any atom is -0.465 e. The Balaban J connectivity index is 2.10. The monoisotopic (exact) mass is 209 g/mol. The second-order valence-electron chi connectivity index (χ2n) is 3.96. The third-order valence-electron chi connectivity index (χ3n) is 2.93. The van der Waals surface area contributed by atoms with E-state index in [0.717, 1.165) is 19.3 Å². The fourth-order valence-corrected chi connectivity index (χ4v) is 2.08. The van der Waals surface area contributed by atoms with Crippen molar-refractivity contribution in [1.82, 2.24) is 4.57 Å². The Labute approximate surface area is 88.5 Å². The van der Waals surface area contributed by atoms with Crippen molar-refractivity contribution in [2.75, 3.05) is 7.11 Å². The standard InChI is InChI=1S/C11H15NO3/c1-15-11(14)8-4-5-12(7-8)9-2-3-10(13)6-9/h4-5,7,9-10,13H,2-3,6H2,1H3. The number of aliphatic hydroxyl groups is 1. The minimum atomic E-state index is -0.313. The predicted molar refractivity (Wildman–Crippen MR) is 54.7 cm³/mol. The van der Waals surface area contributed by atoms with Crippen molar-refractivity contribution >= 4 is 5.97 Å². The summed E-state index contributed by atoms with van der Waals surface area (Å²) in [6.07, 6.45) is 6.05. The Morgan fingerprint density at radius 3 is 3.00 bits per heavy atom. The number of carbonyl (C=O) groups excluding carboxylic acids is 1. The van der Waals surface area contributed by atoms with Crippen LogP contribution in [0.25, 0.3) is 0 Å². The van der Waals surface area contributed by atoms with Gasteiger partial charge in [0.15, 0.2) is 0 Å². The van der Waals surface area contributed by atoms with Gasteiger partial charge in [-0.05, 0) is 25.3 Å². The topological polar surface area (TPSA) is 51.5 Å². The zero-order chi connectivity index (χ0) is 10.8. The second kappa shape index (κ2) is 4.06. The lowest BCUT2D eigenvalue weighted by atomic mass is 10.2. The maximum Gasteiger partial charge on any atom is 0.339 e. The Morgan fingerprint density at radius 2 is 2.40 bits per heavy atom. The van der Waals surface area contributed by atoms with Crippen LogP contribution >= 0.6 is 0 Å². The molecular weight excluding hydrogens is 194 g/mol. The third-order valence-corrected chi connectivity index (χ3v) is 2.93. The van der Waals surface area contributed by atoms with Gasteiger partial charge in [0.2, 0.25) is 0 Å². The van der Waals surface area contributed by atoms with Crippen LogP contribution in [0.2, 0.25) is 0 Å². The first-order valence-corrected chi connectivity index (χ1v) is 5.14. The molecule has 2 atom stereocenters. The van der Waals surface area contributed by atoms with Crippen LogP contribution in [-0.4, -0.2) is 28.9 Å². The molecule has 0 spiro atoms. The molecule has 0 aromatic carbocycles. The average Bonchev–Trinajstić information content (AvgIpc) is 2.84. The molecule has 1 fully saturated rings. The first kappa shape index (κ1) is 10.2. The molecule has 0 aliphatic heterocycles. The number of hydrogen-bond donors (Lipinski definition) is 1. The Kier molecular flexibility index (Phi) is 2.77. The smallest absolute Gasteiger partial charge is 0.339 e. The molecule has 1 aromatic rings. The van der Waals surface area contributed by atoms with E-state index in [4.69, 9.17) is 0 Å². The second-order valence-corrected chi connectivity index (χ2v) is 3.96. The number of nitrogens with zero attached hydrogens (tertiary/aromatic N) is 1. The van der Waals surface area contributed by atoms with Crippen molar-refractivity contribution in [3.8, 4) is 0 Å². The molecule has 0 saturated heterocycles. The van der Waals surface area contributed by atoms with Gasteiger partial charge in [-0.3, -0.25) is 0 Å². The van der Waals surface area contributed by atoms with E-state index in [2.05, 4.69) is 4.74 Å². The van der Waals surface area contributed by atoms with Gasteiger partial charge in [0, 0.05) is 18.4 Å². The molecule has 2 unspecified atom stereocenters. The van der Waals surface area contributed by atoms with Crippen LogP contribution in [0.5, 0.6) is 0 Å². The molecule has 82 valence electrons. The van der Waals surface area contributed by atoms with E-state index < -0.39 is 0 Å². The molecule has 0 bridgehead atoms. The van der Waals surface area contributed by atoms with Crippen LogP contribution in [0.4, 0.5) is 0 Å². The van der Waals surface area contributed by atoms with Crippen molar-refractivity contribution < 1.29 is 14.6 Å². The van der Waals surface area contributed by atoms with Crippen LogP contribution in [0.15, 0.2) is 18.5 Å². The van der Waals surface area contributed by atoms with Crippen molar-refractivity contribution in [3.63, 3.8) is 0 Å². The molecule has 0 amide bonds. The molecule has 1 aliphatic rings. The summed E-state index contributed by atoms with van der Waals surface area (Å²) >= 11 is 0. The Bertz CT molecular complexity index is 358. The number of carbonyl (C=O) groups is 1. The van der Waals surface area contributed by atoms with Gasteiger partial charge >= 0.3 is 5.97 Å². The van der Waals surface area contributed by atoms with Gasteiger partial charge in [0.1, 0.15) is 0 Å². The van der Waals surface area contributed by atoms with Crippen LogP contribution in [0.1, 0.15) is 35.7 Å². The number of hydrogen-bond acceptors (Lipinski definition) is 3. The molecule has 4 heteroatoms. The highest BCUT2D eigenvalue weighted by atomic mass is 16.5. The quantitative estimate of drug-likeness (QED) is 0.748. The highest BCUT2D eigenvalue weighted by Gasteiger charge is 2.24. The largest absolute Gasteiger partial charge is 0.465 e. The van der Waals surface area contributed by atoms with Crippen molar-refractivity contribution in [1.29, 1.82) is 0 Å². The maximum atomic E-state index is 11.2. The molecule has 4 nitrogen and oxygen atoms in total. The SMILES string of the molecule is COC(=O)c1ccn(C2CCC(O)C2)c1. The predicted octanol–water partition coefficient (Wildman–Crippen LogP) is 1.36. The van der Waals surface area contributed by atoms with Gasteiger partial charge in [-0.1, -0.05) is 0 Å². The summed E-state index contributed by atoms with van der Waals surface area (Å²) in [7, 11) is 1.37. The van der Waals surface area contributed by atoms with Crippen LogP contribution < -0.4 is 0 Å². The summed E-state index contributed by atoms with van der Waals surface area (Å²) in [6, 6.07) is 2.06. The Hall–Kier alpha value is -1.29. The van der Waals surface area contributed by atoms with Gasteiger partial charge < -0.3 is 14.4 Å². The molecule has 15 heavy (non-hydrogen) atoms. The summed E-state index contributed by atoms with van der Waals surface area (Å²) in [5.41, 5.74) is 0.568. The van der Waals surface area contributed by atoms with E-state index >= 15 is 0 Å². The van der Waals surface area contributed by atoms with Crippen molar-refractivity contribution in [2.45, 2.75) is 31.4 Å². The third kappa shape index (κ3) is 2.04. The molecule has 1 N–H and O–H groups in total. The summed E-state index contributed by atoms with van der Waals surface area (Å²) in [6.45, 7) is 0. The zero-order valence-electron chi connectivity index (χ0n) is 8.72. The fourth-order valence-electron chi connectivity index (χ4n) is 2.08. The molecule has 2 rings (SSSR count). The lowest BCUT2D eigenvalue weighted by Crippen LogP contribution is -2.05. The normalized spacial score (nSPS) is 25.5. The van der Waals surface area contributed by atoms with Gasteiger partial charge in [0.25, 0.3) is 0 Å². The highest BCUT2D eigenvalue weighted by Crippen LogP contribution is 2.30. The van der Waals surface area contributed by atoms with E-state index in [9.17, 15) is 9.90 Å². The zero-order valence-corrected chi connectivity index (χ0v) is 8.72. The summed E-state index contributed by atoms with van der Waals surface area (Å²) < 4.78 is 6.62. The number of esters is 1. The Morgan fingerprint density at radius 1 is 1.60 bits per heavy atom. The molecule has 1 aliphatic carbocycles. The van der Waals surface area contributed by atoms with Crippen LogP contribution in [-0.2, 0) is 4.74 Å². The highest BCUT2D eigenvalue weighted by molar-refractivity contribution is 5.89. The van der Waals surface area contributed by atoms with Crippen LogP contribution in [0, 0.1) is 0 Å². The van der Waals surface area contributed by atoms with E-state index in [1.54, 1.807) is 12.3 Å². The number of methoxy groups -OCH3 is 1. The number of aliphatic hydroxyl groups excluding tert-OH is 1. The average molecular weight is 209 g/mol. The van der Waals surface area contributed by atoms with Gasteiger partial charge in [-0.2, -0.15) is 0 Å². The van der Waals surface area contributed by atoms with Crippen molar-refractivity contribution in [2.24, 2.45) is 0 Å². The summed E-state index contributed by atoms with van der Waals surface area (Å²) in [4.78, 5) is 11.2. The molecular formula is C11H15NO3. The van der Waals surface area contributed by atoms with E-state index in [0.29, 0.717) is 11.6 Å². The van der Waals surface area contributed by atoms with Gasteiger partial charge in [0.05, 0.1) is 18.8 Å².